The molecule has 1 nitrogen and oxygen atoms in total. The molecule has 0 aliphatic heterocycles. The van der Waals surface area contributed by atoms with E-state index in [4.69, 9.17) is 0 Å². The van der Waals surface area contributed by atoms with E-state index < -0.39 is 5.95 Å². The van der Waals surface area contributed by atoms with Crippen molar-refractivity contribution in [1.82, 2.24) is 4.98 Å². The highest BCUT2D eigenvalue weighted by Crippen LogP contribution is 2.08. The van der Waals surface area contributed by atoms with Crippen LogP contribution in [0.4, 0.5) is 4.39 Å². The molecular formula is C8H5FINS. The molecule has 0 aromatic carbocycles. The van der Waals surface area contributed by atoms with Crippen LogP contribution in [0.15, 0.2) is 12.1 Å². The van der Waals surface area contributed by atoms with E-state index in [1.165, 1.54) is 8.93 Å². The van der Waals surface area contributed by atoms with Gasteiger partial charge in [0.2, 0.25) is 5.95 Å². The molecule has 1 aromatic heterocycles. The second-order valence-corrected chi connectivity index (χ2v) is 3.79. The maximum Gasteiger partial charge on any atom is 0.216 e. The lowest BCUT2D eigenvalue weighted by molar-refractivity contribution is 0.573. The first-order chi connectivity index (χ1) is 5.74. The van der Waals surface area contributed by atoms with Crippen molar-refractivity contribution in [3.8, 4) is 11.2 Å². The Morgan fingerprint density at radius 3 is 2.92 bits per heavy atom. The molecule has 0 saturated heterocycles. The summed E-state index contributed by atoms with van der Waals surface area (Å²) in [6.07, 6.45) is 0. The molecule has 1 aromatic rings. The van der Waals surface area contributed by atoms with Gasteiger partial charge in [0.1, 0.15) is 5.69 Å². The van der Waals surface area contributed by atoms with E-state index in [0.717, 1.165) is 0 Å². The van der Waals surface area contributed by atoms with E-state index >= 15 is 0 Å². The van der Waals surface area contributed by atoms with Gasteiger partial charge in [-0.1, -0.05) is 6.07 Å². The van der Waals surface area contributed by atoms with Crippen LogP contribution in [0.25, 0.3) is 0 Å². The third kappa shape index (κ3) is 2.64. The van der Waals surface area contributed by atoms with E-state index in [9.17, 15) is 4.39 Å². The Hall–Kier alpha value is -0.280. The number of halogens is 2. The largest absolute Gasteiger partial charge is 0.216 e. The predicted molar refractivity (Wildman–Crippen MR) is 57.4 cm³/mol. The molecule has 0 spiro atoms. The number of aryl methyl sites for hydroxylation is 1. The fourth-order valence-corrected chi connectivity index (χ4v) is 1.12. The van der Waals surface area contributed by atoms with E-state index in [1.807, 2.05) is 0 Å². The average molecular weight is 293 g/mol. The molecule has 0 radical (unpaired) electrons. The van der Waals surface area contributed by atoms with Crippen molar-refractivity contribution in [3.05, 3.63) is 29.3 Å². The summed E-state index contributed by atoms with van der Waals surface area (Å²) in [5.74, 6) is 2.27. The van der Waals surface area contributed by atoms with Crippen molar-refractivity contribution in [1.29, 1.82) is 0 Å². The van der Waals surface area contributed by atoms with Gasteiger partial charge in [-0.3, -0.25) is 0 Å². The molecule has 0 bridgehead atoms. The van der Waals surface area contributed by atoms with Crippen LogP contribution in [0.2, 0.25) is 0 Å². The number of nitrogens with zero attached hydrogens (tertiary/aromatic N) is 1. The number of rotatable bonds is 0. The number of hydrogen-bond donors (Lipinski definition) is 0. The minimum absolute atomic E-state index is 0.444. The normalized spacial score (nSPS) is 8.92. The van der Waals surface area contributed by atoms with Crippen molar-refractivity contribution in [3.63, 3.8) is 0 Å². The van der Waals surface area contributed by atoms with Crippen molar-refractivity contribution >= 4 is 30.1 Å². The van der Waals surface area contributed by atoms with Crippen LogP contribution < -0.4 is 0 Å². The molecule has 0 aliphatic rings. The number of pyridine rings is 1. The van der Waals surface area contributed by atoms with Gasteiger partial charge >= 0.3 is 0 Å². The average Bonchev–Trinajstić information content (AvgIpc) is 2.07. The predicted octanol–water partition coefficient (Wildman–Crippen LogP) is 2.92. The molecule has 0 aliphatic carbocycles. The Balaban J connectivity index is 2.97. The highest BCUT2D eigenvalue weighted by molar-refractivity contribution is 14.2. The zero-order chi connectivity index (χ0) is 8.97. The Kier molecular flexibility index (Phi) is 3.82. The minimum atomic E-state index is -0.444. The van der Waals surface area contributed by atoms with Gasteiger partial charge in [-0.15, -0.1) is 0 Å². The summed E-state index contributed by atoms with van der Waals surface area (Å²) in [5, 5.41) is 2.74. The third-order valence-corrected chi connectivity index (χ3v) is 2.09. The van der Waals surface area contributed by atoms with Crippen molar-refractivity contribution in [2.45, 2.75) is 6.92 Å². The number of aromatic nitrogens is 1. The van der Waals surface area contributed by atoms with Crippen LogP contribution in [-0.2, 0) is 0 Å². The molecule has 0 N–H and O–H groups in total. The van der Waals surface area contributed by atoms with E-state index in [0.29, 0.717) is 11.3 Å². The summed E-state index contributed by atoms with van der Waals surface area (Å²) in [6.45, 7) is 1.67. The maximum absolute atomic E-state index is 12.8. The van der Waals surface area contributed by atoms with Crippen molar-refractivity contribution in [2.75, 3.05) is 0 Å². The highest BCUT2D eigenvalue weighted by atomic mass is 127. The standard InChI is InChI=1S/C8H5FINS/c1-6-2-3-7(4-5-12-10)11-8(6)9/h2-3H,1H3. The van der Waals surface area contributed by atoms with Crippen LogP contribution in [0.3, 0.4) is 0 Å². The summed E-state index contributed by atoms with van der Waals surface area (Å²) in [7, 11) is 1.35. The zero-order valence-corrected chi connectivity index (χ0v) is 9.24. The lowest BCUT2D eigenvalue weighted by Crippen LogP contribution is -1.90. The maximum atomic E-state index is 12.8. The minimum Gasteiger partial charge on any atom is -0.211 e. The SMILES string of the molecule is Cc1ccc(C#CSI)nc1F. The number of hydrogen-bond acceptors (Lipinski definition) is 2. The lowest BCUT2D eigenvalue weighted by atomic mass is 10.3. The molecule has 62 valence electrons. The van der Waals surface area contributed by atoms with Gasteiger partial charge in [-0.05, 0) is 33.1 Å². The van der Waals surface area contributed by atoms with Gasteiger partial charge in [0.15, 0.2) is 0 Å². The summed E-state index contributed by atoms with van der Waals surface area (Å²) in [6, 6.07) is 3.38. The van der Waals surface area contributed by atoms with Gasteiger partial charge in [0, 0.05) is 26.8 Å². The van der Waals surface area contributed by atoms with Crippen LogP contribution in [0, 0.1) is 24.0 Å². The fraction of sp³-hybridized carbons (Fsp3) is 0.125. The van der Waals surface area contributed by atoms with Gasteiger partial charge in [-0.2, -0.15) is 4.39 Å². The Labute approximate surface area is 86.7 Å². The molecule has 0 atom stereocenters. The van der Waals surface area contributed by atoms with E-state index in [-0.39, 0.29) is 0 Å². The molecule has 1 rings (SSSR count). The quantitative estimate of drug-likeness (QED) is 0.414. The third-order valence-electron chi connectivity index (χ3n) is 1.25. The van der Waals surface area contributed by atoms with Gasteiger partial charge in [0.05, 0.1) is 0 Å². The first kappa shape index (κ1) is 9.81. The van der Waals surface area contributed by atoms with E-state index in [2.05, 4.69) is 37.4 Å². The highest BCUT2D eigenvalue weighted by Gasteiger charge is 1.97. The van der Waals surface area contributed by atoms with Crippen molar-refractivity contribution in [2.24, 2.45) is 0 Å². The molecule has 0 amide bonds. The van der Waals surface area contributed by atoms with Crippen LogP contribution in [0.1, 0.15) is 11.3 Å². The second kappa shape index (κ2) is 4.67. The second-order valence-electron chi connectivity index (χ2n) is 2.11. The van der Waals surface area contributed by atoms with Gasteiger partial charge in [-0.25, -0.2) is 4.98 Å². The summed E-state index contributed by atoms with van der Waals surface area (Å²) in [5.41, 5.74) is 1.02. The molecule has 12 heavy (non-hydrogen) atoms. The Morgan fingerprint density at radius 2 is 2.33 bits per heavy atom. The molecular weight excluding hydrogens is 288 g/mol. The van der Waals surface area contributed by atoms with Crippen LogP contribution in [0.5, 0.6) is 0 Å². The molecule has 0 saturated carbocycles. The van der Waals surface area contributed by atoms with Crippen LogP contribution in [-0.4, -0.2) is 4.98 Å². The topological polar surface area (TPSA) is 12.9 Å². The first-order valence-electron chi connectivity index (χ1n) is 3.16. The zero-order valence-electron chi connectivity index (χ0n) is 6.27. The van der Waals surface area contributed by atoms with Gasteiger partial charge in [0.25, 0.3) is 0 Å². The fourth-order valence-electron chi connectivity index (χ4n) is 0.645. The van der Waals surface area contributed by atoms with Crippen molar-refractivity contribution < 1.29 is 4.39 Å². The summed E-state index contributed by atoms with van der Waals surface area (Å²) < 4.78 is 12.8. The lowest BCUT2D eigenvalue weighted by Gasteiger charge is -1.93. The summed E-state index contributed by atoms with van der Waals surface area (Å²) in [4.78, 5) is 3.65. The Morgan fingerprint density at radius 1 is 1.58 bits per heavy atom. The van der Waals surface area contributed by atoms with E-state index in [1.54, 1.807) is 19.1 Å². The molecule has 0 unspecified atom stereocenters. The Bertz CT molecular complexity index is 343. The van der Waals surface area contributed by atoms with Crippen LogP contribution >= 0.6 is 30.1 Å². The molecule has 0 fully saturated rings. The monoisotopic (exact) mass is 293 g/mol. The molecule has 1 heterocycles. The molecule has 4 heteroatoms. The summed E-state index contributed by atoms with van der Waals surface area (Å²) >= 11 is 2.05. The van der Waals surface area contributed by atoms with Gasteiger partial charge < -0.3 is 0 Å². The first-order valence-corrected chi connectivity index (χ1v) is 6.51. The smallest absolute Gasteiger partial charge is 0.211 e.